The lowest BCUT2D eigenvalue weighted by Crippen LogP contribution is -2.41. The molecule has 2 fully saturated rings. The van der Waals surface area contributed by atoms with Crippen molar-refractivity contribution in [3.8, 4) is 0 Å². The molecule has 3 nitrogen and oxygen atoms in total. The van der Waals surface area contributed by atoms with Crippen LogP contribution in [0.4, 0.5) is 0 Å². The maximum absolute atomic E-state index is 9.12. The molecule has 0 amide bonds. The highest BCUT2D eigenvalue weighted by atomic mass is 16.5. The van der Waals surface area contributed by atoms with Crippen molar-refractivity contribution in [1.29, 1.82) is 0 Å². The van der Waals surface area contributed by atoms with Crippen LogP contribution in [0.15, 0.2) is 0 Å². The minimum Gasteiger partial charge on any atom is -0.395 e. The van der Waals surface area contributed by atoms with Crippen LogP contribution in [0.1, 0.15) is 32.6 Å². The van der Waals surface area contributed by atoms with E-state index >= 15 is 0 Å². The number of aliphatic hydroxyl groups excluding tert-OH is 1. The molecule has 0 spiro atoms. The lowest BCUT2D eigenvalue weighted by molar-refractivity contribution is 0.00205. The van der Waals surface area contributed by atoms with Crippen LogP contribution in [0.25, 0.3) is 0 Å². The molecule has 1 saturated heterocycles. The average Bonchev–Trinajstić information content (AvgIpc) is 3.02. The van der Waals surface area contributed by atoms with Gasteiger partial charge in [-0.1, -0.05) is 6.92 Å². The Balaban J connectivity index is 1.81. The fourth-order valence-electron chi connectivity index (χ4n) is 2.60. The Morgan fingerprint density at radius 3 is 2.56 bits per heavy atom. The van der Waals surface area contributed by atoms with Gasteiger partial charge in [0.1, 0.15) is 0 Å². The maximum Gasteiger partial charge on any atom is 0.0558 e. The molecular formula is C13H25NO2. The van der Waals surface area contributed by atoms with E-state index in [9.17, 15) is 0 Å². The van der Waals surface area contributed by atoms with E-state index in [1.807, 2.05) is 0 Å². The van der Waals surface area contributed by atoms with Gasteiger partial charge in [0.15, 0.2) is 0 Å². The fourth-order valence-corrected chi connectivity index (χ4v) is 2.60. The Labute approximate surface area is 98.8 Å². The number of rotatable bonds is 6. The first-order chi connectivity index (χ1) is 7.72. The van der Waals surface area contributed by atoms with Crippen LogP contribution in [0.3, 0.4) is 0 Å². The molecule has 1 heterocycles. The van der Waals surface area contributed by atoms with Crippen LogP contribution in [-0.2, 0) is 4.74 Å². The predicted octanol–water partition coefficient (Wildman–Crippen LogP) is 1.51. The van der Waals surface area contributed by atoms with Gasteiger partial charge < -0.3 is 14.7 Å². The van der Waals surface area contributed by atoms with E-state index in [2.05, 4.69) is 11.8 Å². The van der Waals surface area contributed by atoms with Crippen molar-refractivity contribution in [3.05, 3.63) is 0 Å². The zero-order chi connectivity index (χ0) is 11.4. The molecule has 1 aliphatic heterocycles. The summed E-state index contributed by atoms with van der Waals surface area (Å²) in [6, 6.07) is 0. The molecule has 1 N–H and O–H groups in total. The summed E-state index contributed by atoms with van der Waals surface area (Å²) in [5.74, 6) is 0.912. The molecule has 2 rings (SSSR count). The van der Waals surface area contributed by atoms with Gasteiger partial charge in [0, 0.05) is 32.8 Å². The van der Waals surface area contributed by atoms with E-state index in [0.29, 0.717) is 12.0 Å². The summed E-state index contributed by atoms with van der Waals surface area (Å²) in [7, 11) is 0. The second-order valence-corrected chi connectivity index (χ2v) is 5.83. The zero-order valence-electron chi connectivity index (χ0n) is 10.5. The second kappa shape index (κ2) is 5.48. The molecule has 0 radical (unpaired) electrons. The molecule has 1 saturated carbocycles. The lowest BCUT2D eigenvalue weighted by atomic mass is 9.82. The quantitative estimate of drug-likeness (QED) is 0.746. The SMILES string of the molecule is CC1(CN(CCO)CC2CC2)CCOCC1. The molecule has 0 aromatic carbocycles. The van der Waals surface area contributed by atoms with Crippen molar-refractivity contribution in [2.24, 2.45) is 11.3 Å². The van der Waals surface area contributed by atoms with Gasteiger partial charge in [-0.15, -0.1) is 0 Å². The minimum absolute atomic E-state index is 0.291. The third-order valence-corrected chi connectivity index (χ3v) is 3.93. The largest absolute Gasteiger partial charge is 0.395 e. The summed E-state index contributed by atoms with van der Waals surface area (Å²) in [5, 5.41) is 9.12. The molecule has 0 aromatic rings. The van der Waals surface area contributed by atoms with Gasteiger partial charge in [0.05, 0.1) is 6.61 Å². The van der Waals surface area contributed by atoms with Gasteiger partial charge in [-0.05, 0) is 37.0 Å². The highest BCUT2D eigenvalue weighted by Gasteiger charge is 2.31. The molecule has 16 heavy (non-hydrogen) atoms. The minimum atomic E-state index is 0.291. The summed E-state index contributed by atoms with van der Waals surface area (Å²) in [6.07, 6.45) is 5.11. The molecule has 2 aliphatic rings. The van der Waals surface area contributed by atoms with E-state index in [-0.39, 0.29) is 0 Å². The molecule has 0 bridgehead atoms. The number of hydrogen-bond acceptors (Lipinski definition) is 3. The summed E-state index contributed by atoms with van der Waals surface area (Å²) < 4.78 is 5.43. The van der Waals surface area contributed by atoms with Crippen LogP contribution in [-0.4, -0.2) is 49.5 Å². The first-order valence-electron chi connectivity index (χ1n) is 6.63. The average molecular weight is 227 g/mol. The summed E-state index contributed by atoms with van der Waals surface area (Å²) >= 11 is 0. The highest BCUT2D eigenvalue weighted by Crippen LogP contribution is 2.34. The Bertz CT molecular complexity index is 210. The van der Waals surface area contributed by atoms with Gasteiger partial charge in [-0.3, -0.25) is 0 Å². The molecule has 94 valence electrons. The Morgan fingerprint density at radius 2 is 2.00 bits per heavy atom. The van der Waals surface area contributed by atoms with E-state index in [1.54, 1.807) is 0 Å². The third-order valence-electron chi connectivity index (χ3n) is 3.93. The first-order valence-corrected chi connectivity index (χ1v) is 6.63. The highest BCUT2D eigenvalue weighted by molar-refractivity contribution is 4.84. The fraction of sp³-hybridized carbons (Fsp3) is 1.00. The van der Waals surface area contributed by atoms with Crippen LogP contribution >= 0.6 is 0 Å². The summed E-state index contributed by atoms with van der Waals surface area (Å²) in [4.78, 5) is 2.46. The Hall–Kier alpha value is -0.120. The topological polar surface area (TPSA) is 32.7 Å². The van der Waals surface area contributed by atoms with Crippen molar-refractivity contribution < 1.29 is 9.84 Å². The molecular weight excluding hydrogens is 202 g/mol. The predicted molar refractivity (Wildman–Crippen MR) is 64.4 cm³/mol. The van der Waals surface area contributed by atoms with E-state index < -0.39 is 0 Å². The van der Waals surface area contributed by atoms with E-state index in [0.717, 1.165) is 32.2 Å². The van der Waals surface area contributed by atoms with Crippen molar-refractivity contribution in [1.82, 2.24) is 4.90 Å². The van der Waals surface area contributed by atoms with Gasteiger partial charge in [-0.25, -0.2) is 0 Å². The lowest BCUT2D eigenvalue weighted by Gasteiger charge is -2.38. The molecule has 0 unspecified atom stereocenters. The molecule has 0 aromatic heterocycles. The smallest absolute Gasteiger partial charge is 0.0558 e. The van der Waals surface area contributed by atoms with Crippen molar-refractivity contribution in [2.45, 2.75) is 32.6 Å². The summed E-state index contributed by atoms with van der Waals surface area (Å²) in [5.41, 5.74) is 0.405. The van der Waals surface area contributed by atoms with Gasteiger partial charge >= 0.3 is 0 Å². The van der Waals surface area contributed by atoms with Gasteiger partial charge in [0.25, 0.3) is 0 Å². The van der Waals surface area contributed by atoms with Crippen LogP contribution in [0.5, 0.6) is 0 Å². The molecule has 1 aliphatic carbocycles. The zero-order valence-corrected chi connectivity index (χ0v) is 10.5. The number of nitrogens with zero attached hydrogens (tertiary/aromatic N) is 1. The van der Waals surface area contributed by atoms with E-state index in [4.69, 9.17) is 9.84 Å². The standard InChI is InChI=1S/C13H25NO2/c1-13(4-8-16-9-5-13)11-14(6-7-15)10-12-2-3-12/h12,15H,2-11H2,1H3. The van der Waals surface area contributed by atoms with Crippen molar-refractivity contribution in [3.63, 3.8) is 0 Å². The number of aliphatic hydroxyl groups is 1. The number of hydrogen-bond donors (Lipinski definition) is 1. The maximum atomic E-state index is 9.12. The van der Waals surface area contributed by atoms with Crippen LogP contribution in [0, 0.1) is 11.3 Å². The molecule has 3 heteroatoms. The second-order valence-electron chi connectivity index (χ2n) is 5.83. The first kappa shape index (κ1) is 12.3. The Morgan fingerprint density at radius 1 is 1.31 bits per heavy atom. The van der Waals surface area contributed by atoms with Gasteiger partial charge in [0.2, 0.25) is 0 Å². The van der Waals surface area contributed by atoms with Crippen LogP contribution in [0.2, 0.25) is 0 Å². The van der Waals surface area contributed by atoms with E-state index in [1.165, 1.54) is 32.2 Å². The van der Waals surface area contributed by atoms with Crippen LogP contribution < -0.4 is 0 Å². The van der Waals surface area contributed by atoms with Gasteiger partial charge in [-0.2, -0.15) is 0 Å². The monoisotopic (exact) mass is 227 g/mol. The summed E-state index contributed by atoms with van der Waals surface area (Å²) in [6.45, 7) is 7.64. The third kappa shape index (κ3) is 3.72. The van der Waals surface area contributed by atoms with Crippen molar-refractivity contribution in [2.75, 3.05) is 39.5 Å². The molecule has 0 atom stereocenters. The number of ether oxygens (including phenoxy) is 1. The normalized spacial score (nSPS) is 24.9. The Kier molecular flexibility index (Phi) is 4.22. The van der Waals surface area contributed by atoms with Crippen molar-refractivity contribution >= 4 is 0 Å².